The van der Waals surface area contributed by atoms with E-state index in [0.717, 1.165) is 31.3 Å². The number of aryl methyl sites for hydroxylation is 1. The van der Waals surface area contributed by atoms with Gasteiger partial charge in [-0.15, -0.1) is 23.1 Å². The third-order valence-electron chi connectivity index (χ3n) is 6.18. The molecule has 4 aromatic rings. The molecule has 0 saturated heterocycles. The maximum atomic E-state index is 13.4. The number of aromatic amines is 1. The van der Waals surface area contributed by atoms with E-state index >= 15 is 0 Å². The van der Waals surface area contributed by atoms with Gasteiger partial charge >= 0.3 is 0 Å². The minimum Gasteiger partial charge on any atom is -0.356 e. The summed E-state index contributed by atoms with van der Waals surface area (Å²) < 4.78 is 0. The van der Waals surface area contributed by atoms with Gasteiger partial charge in [0.1, 0.15) is 0 Å². The molecule has 2 aromatic carbocycles. The number of rotatable bonds is 6. The van der Waals surface area contributed by atoms with Crippen LogP contribution in [0.15, 0.2) is 70.9 Å². The summed E-state index contributed by atoms with van der Waals surface area (Å²) in [5.74, 6) is 0.250. The van der Waals surface area contributed by atoms with Crippen molar-refractivity contribution in [1.82, 2.24) is 9.88 Å². The molecule has 0 fully saturated rings. The van der Waals surface area contributed by atoms with Crippen molar-refractivity contribution in [3.8, 4) is 0 Å². The van der Waals surface area contributed by atoms with Gasteiger partial charge in [-0.1, -0.05) is 36.4 Å². The molecule has 3 heterocycles. The fourth-order valence-corrected chi connectivity index (χ4v) is 5.81. The number of nitrogens with zero attached hydrogens (tertiary/aromatic N) is 1. The van der Waals surface area contributed by atoms with Crippen LogP contribution >= 0.6 is 23.1 Å². The van der Waals surface area contributed by atoms with Crippen molar-refractivity contribution in [3.05, 3.63) is 87.7 Å². The maximum Gasteiger partial charge on any atom is 0.223 e. The number of benzene rings is 2. The van der Waals surface area contributed by atoms with Gasteiger partial charge in [-0.2, -0.15) is 0 Å². The summed E-state index contributed by atoms with van der Waals surface area (Å²) >= 11 is 3.52. The standard InChI is InChI=1S/C26H26N2OS2/c1-30-19-13-11-18(12-14-19)26-25-22(21-8-2-3-9-23(21)27-25)15-16-28(26)24(29)10-4-6-20-7-5-17-31-20/h2-3,5,7-9,11-14,17,26-27H,4,6,10,15-16H2,1H3. The monoisotopic (exact) mass is 446 g/mol. The Balaban J connectivity index is 1.46. The number of H-pyrrole nitrogens is 1. The Kier molecular flexibility index (Phi) is 5.88. The molecule has 1 unspecified atom stereocenters. The number of amides is 1. The quantitative estimate of drug-likeness (QED) is 0.346. The van der Waals surface area contributed by atoms with Gasteiger partial charge in [0.2, 0.25) is 5.91 Å². The highest BCUT2D eigenvalue weighted by Crippen LogP contribution is 2.39. The lowest BCUT2D eigenvalue weighted by molar-refractivity contribution is -0.133. The molecule has 1 N–H and O–H groups in total. The fourth-order valence-electron chi connectivity index (χ4n) is 4.65. The van der Waals surface area contributed by atoms with E-state index in [2.05, 4.69) is 82.2 Å². The Morgan fingerprint density at radius 3 is 2.74 bits per heavy atom. The van der Waals surface area contributed by atoms with Gasteiger partial charge in [-0.05, 0) is 66.3 Å². The second kappa shape index (κ2) is 8.93. The van der Waals surface area contributed by atoms with E-state index in [1.54, 1.807) is 23.1 Å². The average Bonchev–Trinajstić information content (AvgIpc) is 3.46. The minimum absolute atomic E-state index is 0.0544. The summed E-state index contributed by atoms with van der Waals surface area (Å²) in [5.41, 5.74) is 4.87. The van der Waals surface area contributed by atoms with Crippen molar-refractivity contribution in [2.24, 2.45) is 0 Å². The van der Waals surface area contributed by atoms with E-state index in [4.69, 9.17) is 0 Å². The predicted octanol–water partition coefficient (Wildman–Crippen LogP) is 6.45. The van der Waals surface area contributed by atoms with Crippen LogP contribution in [0.2, 0.25) is 0 Å². The molecule has 0 radical (unpaired) electrons. The van der Waals surface area contributed by atoms with Gasteiger partial charge in [-0.25, -0.2) is 0 Å². The summed E-state index contributed by atoms with van der Waals surface area (Å²) in [6, 6.07) is 21.4. The van der Waals surface area contributed by atoms with Gasteiger partial charge in [-0.3, -0.25) is 4.79 Å². The SMILES string of the molecule is CSc1ccc(C2c3[nH]c4ccccc4c3CCN2C(=O)CCCc2cccs2)cc1. The van der Waals surface area contributed by atoms with Crippen LogP contribution in [0.1, 0.15) is 40.6 Å². The maximum absolute atomic E-state index is 13.4. The molecule has 1 atom stereocenters. The fraction of sp³-hybridized carbons (Fsp3) is 0.269. The highest BCUT2D eigenvalue weighted by atomic mass is 32.2. The van der Waals surface area contributed by atoms with E-state index < -0.39 is 0 Å². The van der Waals surface area contributed by atoms with Crippen LogP contribution < -0.4 is 0 Å². The molecule has 1 aliphatic rings. The highest BCUT2D eigenvalue weighted by molar-refractivity contribution is 7.98. The van der Waals surface area contributed by atoms with E-state index in [0.29, 0.717) is 6.42 Å². The van der Waals surface area contributed by atoms with Crippen LogP contribution in [0.5, 0.6) is 0 Å². The Hall–Kier alpha value is -2.50. The molecule has 0 bridgehead atoms. The number of hydrogen-bond acceptors (Lipinski definition) is 3. The minimum atomic E-state index is -0.0544. The number of fused-ring (bicyclic) bond motifs is 3. The lowest BCUT2D eigenvalue weighted by Crippen LogP contribution is -2.40. The molecule has 0 saturated carbocycles. The number of carbonyl (C=O) groups excluding carboxylic acids is 1. The molecule has 31 heavy (non-hydrogen) atoms. The zero-order chi connectivity index (χ0) is 21.2. The second-order valence-corrected chi connectivity index (χ2v) is 9.92. The highest BCUT2D eigenvalue weighted by Gasteiger charge is 2.34. The summed E-state index contributed by atoms with van der Waals surface area (Å²) in [7, 11) is 0. The summed E-state index contributed by atoms with van der Waals surface area (Å²) in [6.07, 6.45) is 5.45. The Morgan fingerprint density at radius 1 is 1.13 bits per heavy atom. The topological polar surface area (TPSA) is 36.1 Å². The van der Waals surface area contributed by atoms with Crippen molar-refractivity contribution in [2.45, 2.75) is 36.6 Å². The third kappa shape index (κ3) is 4.04. The third-order valence-corrected chi connectivity index (χ3v) is 7.86. The number of carbonyl (C=O) groups is 1. The van der Waals surface area contributed by atoms with Gasteiger partial charge in [0.25, 0.3) is 0 Å². The Bertz CT molecular complexity index is 1180. The van der Waals surface area contributed by atoms with E-state index in [1.807, 2.05) is 0 Å². The first-order chi connectivity index (χ1) is 15.2. The molecule has 5 rings (SSSR count). The molecule has 0 aliphatic carbocycles. The van der Waals surface area contributed by atoms with Crippen molar-refractivity contribution >= 4 is 39.9 Å². The molecular formula is C26H26N2OS2. The first kappa shape index (κ1) is 20.4. The van der Waals surface area contributed by atoms with Crippen molar-refractivity contribution in [2.75, 3.05) is 12.8 Å². The van der Waals surface area contributed by atoms with Crippen molar-refractivity contribution < 1.29 is 4.79 Å². The van der Waals surface area contributed by atoms with E-state index in [-0.39, 0.29) is 11.9 Å². The predicted molar refractivity (Wildman–Crippen MR) is 131 cm³/mol. The van der Waals surface area contributed by atoms with Crippen LogP contribution in [0.4, 0.5) is 0 Å². The molecule has 0 spiro atoms. The van der Waals surface area contributed by atoms with Crippen LogP contribution in [-0.2, 0) is 17.6 Å². The largest absolute Gasteiger partial charge is 0.356 e. The summed E-state index contributed by atoms with van der Waals surface area (Å²) in [6.45, 7) is 0.766. The van der Waals surface area contributed by atoms with Crippen LogP contribution in [0.3, 0.4) is 0 Å². The number of thiophene rings is 1. The zero-order valence-corrected chi connectivity index (χ0v) is 19.3. The lowest BCUT2D eigenvalue weighted by Gasteiger charge is -2.36. The number of para-hydroxylation sites is 1. The van der Waals surface area contributed by atoms with Crippen molar-refractivity contribution in [1.29, 1.82) is 0 Å². The Morgan fingerprint density at radius 2 is 1.97 bits per heavy atom. The van der Waals surface area contributed by atoms with Crippen molar-refractivity contribution in [3.63, 3.8) is 0 Å². The molecule has 3 nitrogen and oxygen atoms in total. The molecule has 2 aromatic heterocycles. The number of aromatic nitrogens is 1. The smallest absolute Gasteiger partial charge is 0.223 e. The molecule has 5 heteroatoms. The first-order valence-electron chi connectivity index (χ1n) is 10.8. The second-order valence-electron chi connectivity index (χ2n) is 8.01. The van der Waals surface area contributed by atoms with Gasteiger partial charge in [0, 0.05) is 39.3 Å². The summed E-state index contributed by atoms with van der Waals surface area (Å²) in [4.78, 5) is 21.7. The lowest BCUT2D eigenvalue weighted by atomic mass is 9.92. The molecule has 158 valence electrons. The molecule has 1 amide bonds. The van der Waals surface area contributed by atoms with Crippen LogP contribution in [0.25, 0.3) is 10.9 Å². The summed E-state index contributed by atoms with van der Waals surface area (Å²) in [5, 5.41) is 3.39. The van der Waals surface area contributed by atoms with Crippen LogP contribution in [-0.4, -0.2) is 28.6 Å². The molecular weight excluding hydrogens is 420 g/mol. The number of thioether (sulfide) groups is 1. The first-order valence-corrected chi connectivity index (χ1v) is 12.9. The van der Waals surface area contributed by atoms with E-state index in [1.165, 1.54) is 32.0 Å². The number of nitrogens with one attached hydrogen (secondary N) is 1. The van der Waals surface area contributed by atoms with E-state index in [9.17, 15) is 4.79 Å². The molecule has 1 aliphatic heterocycles. The Labute approximate surface area is 191 Å². The normalized spacial score (nSPS) is 15.9. The van der Waals surface area contributed by atoms with Gasteiger partial charge < -0.3 is 9.88 Å². The van der Waals surface area contributed by atoms with Crippen LogP contribution in [0, 0.1) is 0 Å². The van der Waals surface area contributed by atoms with Gasteiger partial charge in [0.15, 0.2) is 0 Å². The average molecular weight is 447 g/mol. The van der Waals surface area contributed by atoms with Gasteiger partial charge in [0.05, 0.1) is 6.04 Å². The zero-order valence-electron chi connectivity index (χ0n) is 17.6. The number of hydrogen-bond donors (Lipinski definition) is 1.